The minimum atomic E-state index is -0.584. The van der Waals surface area contributed by atoms with E-state index in [0.29, 0.717) is 17.9 Å². The van der Waals surface area contributed by atoms with Crippen molar-refractivity contribution in [2.75, 3.05) is 0 Å². The quantitative estimate of drug-likeness (QED) is 0.501. The van der Waals surface area contributed by atoms with E-state index in [-0.39, 0.29) is 32.1 Å². The molecular weight excluding hydrogens is 487 g/mol. The van der Waals surface area contributed by atoms with Crippen LogP contribution in [-0.2, 0) is 9.59 Å². The first kappa shape index (κ1) is 18.2. The zero-order valence-corrected chi connectivity index (χ0v) is 16.8. The van der Waals surface area contributed by atoms with Crippen LogP contribution in [0.25, 0.3) is 0 Å². The number of rotatable bonds is 2. The molecule has 1 aliphatic heterocycles. The Morgan fingerprint density at radius 3 is 2.08 bits per heavy atom. The van der Waals surface area contributed by atoms with Crippen LogP contribution < -0.4 is 5.43 Å². The molecule has 1 aromatic carbocycles. The Hall–Kier alpha value is -0.630. The minimum absolute atomic E-state index is 0.112. The fraction of sp³-hybridized carbons (Fsp3) is 0.400. The van der Waals surface area contributed by atoms with Crippen LogP contribution in [0.3, 0.4) is 0 Å². The number of nitrogens with one attached hydrogen (secondary N) is 1. The van der Waals surface area contributed by atoms with Gasteiger partial charge in [-0.2, -0.15) is 5.01 Å². The summed E-state index contributed by atoms with van der Waals surface area (Å²) in [5, 5.41) is 1.38. The summed E-state index contributed by atoms with van der Waals surface area (Å²) in [7, 11) is 0. The third kappa shape index (κ3) is 3.23. The second-order valence-electron chi connectivity index (χ2n) is 5.80. The maximum Gasteiger partial charge on any atom is 0.270 e. The van der Waals surface area contributed by atoms with E-state index in [9.17, 15) is 14.4 Å². The van der Waals surface area contributed by atoms with Gasteiger partial charge < -0.3 is 0 Å². The molecule has 1 heterocycles. The van der Waals surface area contributed by atoms with Gasteiger partial charge in [-0.15, -0.1) is 0 Å². The summed E-state index contributed by atoms with van der Waals surface area (Å²) in [5.41, 5.74) is 2.61. The van der Waals surface area contributed by atoms with Crippen molar-refractivity contribution in [2.45, 2.75) is 22.5 Å². The van der Waals surface area contributed by atoms with Crippen molar-refractivity contribution >= 4 is 72.8 Å². The molecule has 4 atom stereocenters. The number of hydrogen-bond donors (Lipinski definition) is 1. The molecule has 1 aliphatic carbocycles. The minimum Gasteiger partial charge on any atom is -0.272 e. The van der Waals surface area contributed by atoms with Gasteiger partial charge in [-0.25, -0.2) is 0 Å². The Labute approximate surface area is 165 Å². The highest BCUT2D eigenvalue weighted by molar-refractivity contribution is 9.12. The second-order valence-corrected chi connectivity index (χ2v) is 8.96. The third-order valence-electron chi connectivity index (χ3n) is 4.31. The van der Waals surface area contributed by atoms with Gasteiger partial charge in [0.1, 0.15) is 0 Å². The molecule has 1 saturated heterocycles. The van der Waals surface area contributed by atoms with E-state index in [1.807, 2.05) is 0 Å². The highest BCUT2D eigenvalue weighted by Crippen LogP contribution is 2.42. The van der Waals surface area contributed by atoms with Gasteiger partial charge in [0.2, 0.25) is 0 Å². The number of hydrogen-bond acceptors (Lipinski definition) is 3. The average Bonchev–Trinajstić information content (AvgIpc) is 2.75. The van der Waals surface area contributed by atoms with Crippen LogP contribution in [0.2, 0.25) is 10.0 Å². The highest BCUT2D eigenvalue weighted by Gasteiger charge is 2.52. The molecule has 1 aromatic rings. The molecule has 5 nitrogen and oxygen atoms in total. The van der Waals surface area contributed by atoms with E-state index >= 15 is 0 Å². The van der Waals surface area contributed by atoms with Crippen molar-refractivity contribution in [3.05, 3.63) is 33.8 Å². The molecule has 0 unspecified atom stereocenters. The topological polar surface area (TPSA) is 66.5 Å². The summed E-state index contributed by atoms with van der Waals surface area (Å²) in [6, 6.07) is 4.35. The predicted octanol–water partition coefficient (Wildman–Crippen LogP) is 3.56. The second kappa shape index (κ2) is 6.94. The van der Waals surface area contributed by atoms with E-state index in [2.05, 4.69) is 37.3 Å². The summed E-state index contributed by atoms with van der Waals surface area (Å²) in [4.78, 5) is 37.5. The zero-order valence-electron chi connectivity index (χ0n) is 12.1. The lowest BCUT2D eigenvalue weighted by molar-refractivity contribution is -0.142. The predicted molar refractivity (Wildman–Crippen MR) is 97.4 cm³/mol. The largest absolute Gasteiger partial charge is 0.272 e. The van der Waals surface area contributed by atoms with Crippen LogP contribution in [0.5, 0.6) is 0 Å². The van der Waals surface area contributed by atoms with Crippen molar-refractivity contribution < 1.29 is 14.4 Å². The molecule has 0 bridgehead atoms. The Balaban J connectivity index is 1.77. The van der Waals surface area contributed by atoms with Gasteiger partial charge in [-0.05, 0) is 31.0 Å². The summed E-state index contributed by atoms with van der Waals surface area (Å²) >= 11 is 18.7. The SMILES string of the molecule is O=C(NN1C(=O)[C@H]2C[C@H](Br)[C@@H](Br)C[C@H]2C1=O)c1ccc(Cl)c(Cl)c1. The molecule has 24 heavy (non-hydrogen) atoms. The molecule has 2 aliphatic rings. The number of amides is 3. The van der Waals surface area contributed by atoms with Gasteiger partial charge in [0, 0.05) is 15.2 Å². The van der Waals surface area contributed by atoms with Gasteiger partial charge in [0.25, 0.3) is 17.7 Å². The van der Waals surface area contributed by atoms with Crippen molar-refractivity contribution in [3.63, 3.8) is 0 Å². The first-order valence-electron chi connectivity index (χ1n) is 7.21. The van der Waals surface area contributed by atoms with E-state index in [4.69, 9.17) is 23.2 Å². The molecular formula is C15H12Br2Cl2N2O3. The van der Waals surface area contributed by atoms with Gasteiger partial charge >= 0.3 is 0 Å². The normalized spacial score (nSPS) is 29.6. The number of benzene rings is 1. The van der Waals surface area contributed by atoms with Crippen molar-refractivity contribution in [2.24, 2.45) is 11.8 Å². The number of halogens is 4. The molecule has 1 saturated carbocycles. The maximum absolute atomic E-state index is 12.5. The number of carbonyl (C=O) groups excluding carboxylic acids is 3. The molecule has 9 heteroatoms. The third-order valence-corrected chi connectivity index (χ3v) is 7.78. The van der Waals surface area contributed by atoms with E-state index in [0.717, 1.165) is 5.01 Å². The first-order chi connectivity index (χ1) is 11.3. The smallest absolute Gasteiger partial charge is 0.270 e. The summed E-state index contributed by atoms with van der Waals surface area (Å²) in [6.07, 6.45) is 1.09. The van der Waals surface area contributed by atoms with Crippen molar-refractivity contribution in [1.29, 1.82) is 0 Å². The number of carbonyl (C=O) groups is 3. The molecule has 2 fully saturated rings. The number of nitrogens with zero attached hydrogens (tertiary/aromatic N) is 1. The van der Waals surface area contributed by atoms with Crippen LogP contribution in [-0.4, -0.2) is 32.4 Å². The summed E-state index contributed by atoms with van der Waals surface area (Å²) in [5.74, 6) is -2.15. The Bertz CT molecular complexity index is 703. The van der Waals surface area contributed by atoms with Crippen LogP contribution >= 0.6 is 55.1 Å². The average molecular weight is 499 g/mol. The number of imide groups is 1. The summed E-state index contributed by atoms with van der Waals surface area (Å²) < 4.78 is 0. The van der Waals surface area contributed by atoms with Gasteiger partial charge in [0.05, 0.1) is 21.9 Å². The Kier molecular flexibility index (Phi) is 5.25. The van der Waals surface area contributed by atoms with E-state index in [1.54, 1.807) is 0 Å². The number of alkyl halides is 2. The Morgan fingerprint density at radius 2 is 1.58 bits per heavy atom. The molecule has 0 aromatic heterocycles. The lowest BCUT2D eigenvalue weighted by Gasteiger charge is -2.29. The van der Waals surface area contributed by atoms with Gasteiger partial charge in [-0.1, -0.05) is 55.1 Å². The van der Waals surface area contributed by atoms with Crippen LogP contribution in [0, 0.1) is 11.8 Å². The molecule has 128 valence electrons. The lowest BCUT2D eigenvalue weighted by Crippen LogP contribution is -2.46. The first-order valence-corrected chi connectivity index (χ1v) is 9.80. The fourth-order valence-electron chi connectivity index (χ4n) is 3.01. The zero-order chi connectivity index (χ0) is 17.6. The molecule has 0 radical (unpaired) electrons. The van der Waals surface area contributed by atoms with E-state index < -0.39 is 17.7 Å². The lowest BCUT2D eigenvalue weighted by atomic mass is 9.81. The Morgan fingerprint density at radius 1 is 1.04 bits per heavy atom. The van der Waals surface area contributed by atoms with Crippen molar-refractivity contribution in [1.82, 2.24) is 10.4 Å². The van der Waals surface area contributed by atoms with Gasteiger partial charge in [-0.3, -0.25) is 19.8 Å². The van der Waals surface area contributed by atoms with Gasteiger partial charge in [0.15, 0.2) is 0 Å². The molecule has 3 amide bonds. The van der Waals surface area contributed by atoms with Crippen molar-refractivity contribution in [3.8, 4) is 0 Å². The monoisotopic (exact) mass is 496 g/mol. The number of fused-ring (bicyclic) bond motifs is 1. The molecule has 3 rings (SSSR count). The highest BCUT2D eigenvalue weighted by atomic mass is 79.9. The van der Waals surface area contributed by atoms with Crippen LogP contribution in [0.4, 0.5) is 0 Å². The molecule has 0 spiro atoms. The van der Waals surface area contributed by atoms with E-state index in [1.165, 1.54) is 18.2 Å². The molecule has 1 N–H and O–H groups in total. The maximum atomic E-state index is 12.5. The van der Waals surface area contributed by atoms with Crippen LogP contribution in [0.1, 0.15) is 23.2 Å². The standard InChI is InChI=1S/C15H12Br2Cl2N2O3/c16-9-4-7-8(5-10(9)17)15(24)21(14(7)23)20-13(22)6-1-2-11(18)12(19)3-6/h1-3,7-10H,4-5H2,(H,20,22)/t7-,8+,9-,10-/m0/s1. The number of hydrazine groups is 1. The summed E-state index contributed by atoms with van der Waals surface area (Å²) in [6.45, 7) is 0. The van der Waals surface area contributed by atoms with Crippen LogP contribution in [0.15, 0.2) is 18.2 Å². The fourth-order valence-corrected chi connectivity index (χ4v) is 4.54.